The Kier molecular flexibility index (Phi) is 4.60. The van der Waals surface area contributed by atoms with Gasteiger partial charge in [0.05, 0.1) is 11.9 Å². The standard InChI is InChI=1S/C12H25NO3S/c1-6-16-11-7-10(12(11,3)4)13-9(2)8-17(5,14)15/h9-11,13H,6-8H2,1-5H3. The Morgan fingerprint density at radius 2 is 2.06 bits per heavy atom. The van der Waals surface area contributed by atoms with Crippen molar-refractivity contribution in [2.75, 3.05) is 18.6 Å². The number of nitrogens with one attached hydrogen (secondary N) is 1. The minimum atomic E-state index is -2.91. The minimum Gasteiger partial charge on any atom is -0.378 e. The van der Waals surface area contributed by atoms with Crippen LogP contribution >= 0.6 is 0 Å². The van der Waals surface area contributed by atoms with Crippen molar-refractivity contribution in [3.05, 3.63) is 0 Å². The molecule has 3 unspecified atom stereocenters. The van der Waals surface area contributed by atoms with Gasteiger partial charge in [0, 0.05) is 30.4 Å². The first kappa shape index (κ1) is 14.9. The molecule has 0 aliphatic heterocycles. The molecule has 0 heterocycles. The highest BCUT2D eigenvalue weighted by atomic mass is 32.2. The summed E-state index contributed by atoms with van der Waals surface area (Å²) in [6.07, 6.45) is 2.53. The van der Waals surface area contributed by atoms with Crippen LogP contribution in [-0.2, 0) is 14.6 Å². The summed E-state index contributed by atoms with van der Waals surface area (Å²) < 4.78 is 28.0. The van der Waals surface area contributed by atoms with Crippen molar-refractivity contribution >= 4 is 9.84 Å². The Balaban J connectivity index is 2.45. The summed E-state index contributed by atoms with van der Waals surface area (Å²) >= 11 is 0. The zero-order valence-electron chi connectivity index (χ0n) is 11.5. The highest BCUT2D eigenvalue weighted by Gasteiger charge is 2.49. The van der Waals surface area contributed by atoms with E-state index in [0.717, 1.165) is 13.0 Å². The van der Waals surface area contributed by atoms with Crippen molar-refractivity contribution in [1.29, 1.82) is 0 Å². The van der Waals surface area contributed by atoms with Crippen molar-refractivity contribution in [2.24, 2.45) is 5.41 Å². The van der Waals surface area contributed by atoms with Crippen LogP contribution in [0.1, 0.15) is 34.1 Å². The second kappa shape index (κ2) is 5.24. The Labute approximate surface area is 105 Å². The predicted octanol–water partition coefficient (Wildman–Crippen LogP) is 1.21. The summed E-state index contributed by atoms with van der Waals surface area (Å²) in [5, 5.41) is 3.39. The molecule has 1 saturated carbocycles. The molecule has 0 amide bonds. The molecule has 1 N–H and O–H groups in total. The first-order valence-corrected chi connectivity index (χ1v) is 8.28. The molecule has 0 radical (unpaired) electrons. The number of sulfone groups is 1. The fraction of sp³-hybridized carbons (Fsp3) is 1.00. The Morgan fingerprint density at radius 3 is 2.47 bits per heavy atom. The lowest BCUT2D eigenvalue weighted by atomic mass is 9.64. The molecule has 0 aromatic carbocycles. The molecule has 1 fully saturated rings. The van der Waals surface area contributed by atoms with E-state index < -0.39 is 9.84 Å². The molecular weight excluding hydrogens is 238 g/mol. The minimum absolute atomic E-state index is 0.00292. The first-order valence-electron chi connectivity index (χ1n) is 6.22. The summed E-state index contributed by atoms with van der Waals surface area (Å²) in [7, 11) is -2.91. The van der Waals surface area contributed by atoms with Gasteiger partial charge in [-0.2, -0.15) is 0 Å². The third-order valence-electron chi connectivity index (χ3n) is 3.58. The Morgan fingerprint density at radius 1 is 1.47 bits per heavy atom. The lowest BCUT2D eigenvalue weighted by Gasteiger charge is -2.52. The third-order valence-corrected chi connectivity index (χ3v) is 4.69. The molecular formula is C12H25NO3S. The second-order valence-electron chi connectivity index (χ2n) is 5.71. The van der Waals surface area contributed by atoms with Gasteiger partial charge in [-0.3, -0.25) is 0 Å². The largest absolute Gasteiger partial charge is 0.378 e. The maximum absolute atomic E-state index is 11.2. The molecule has 0 saturated heterocycles. The van der Waals surface area contributed by atoms with E-state index in [1.54, 1.807) is 0 Å². The van der Waals surface area contributed by atoms with Crippen molar-refractivity contribution in [2.45, 2.75) is 52.3 Å². The number of hydrogen-bond acceptors (Lipinski definition) is 4. The van der Waals surface area contributed by atoms with Crippen LogP contribution < -0.4 is 5.32 Å². The maximum Gasteiger partial charge on any atom is 0.148 e. The van der Waals surface area contributed by atoms with Crippen LogP contribution in [0.15, 0.2) is 0 Å². The number of rotatable bonds is 6. The lowest BCUT2D eigenvalue weighted by molar-refractivity contribution is -0.115. The summed E-state index contributed by atoms with van der Waals surface area (Å²) in [5.41, 5.74) is 0.0851. The average molecular weight is 263 g/mol. The van der Waals surface area contributed by atoms with E-state index in [4.69, 9.17) is 4.74 Å². The molecule has 1 aliphatic rings. The molecule has 4 nitrogen and oxygen atoms in total. The molecule has 5 heteroatoms. The maximum atomic E-state index is 11.2. The van der Waals surface area contributed by atoms with Gasteiger partial charge in [0.25, 0.3) is 0 Å². The summed E-state index contributed by atoms with van der Waals surface area (Å²) in [6, 6.07) is 0.340. The molecule has 0 spiro atoms. The molecule has 1 rings (SSSR count). The van der Waals surface area contributed by atoms with Crippen LogP contribution in [0.25, 0.3) is 0 Å². The van der Waals surface area contributed by atoms with Gasteiger partial charge in [0.2, 0.25) is 0 Å². The van der Waals surface area contributed by atoms with Gasteiger partial charge < -0.3 is 10.1 Å². The fourth-order valence-corrected chi connectivity index (χ4v) is 3.50. The number of hydrogen-bond donors (Lipinski definition) is 1. The van der Waals surface area contributed by atoms with E-state index in [-0.39, 0.29) is 23.3 Å². The SMILES string of the molecule is CCOC1CC(NC(C)CS(C)(=O)=O)C1(C)C. The van der Waals surface area contributed by atoms with Gasteiger partial charge in [-0.05, 0) is 20.3 Å². The fourth-order valence-electron chi connectivity index (χ4n) is 2.50. The monoisotopic (exact) mass is 263 g/mol. The van der Waals surface area contributed by atoms with Gasteiger partial charge in [0.1, 0.15) is 9.84 Å². The van der Waals surface area contributed by atoms with E-state index in [2.05, 4.69) is 19.2 Å². The lowest BCUT2D eigenvalue weighted by Crippen LogP contribution is -2.63. The summed E-state index contributed by atoms with van der Waals surface area (Å²) in [6.45, 7) is 9.00. The zero-order valence-corrected chi connectivity index (χ0v) is 12.3. The summed E-state index contributed by atoms with van der Waals surface area (Å²) in [5.74, 6) is 0.193. The highest BCUT2D eigenvalue weighted by molar-refractivity contribution is 7.90. The third kappa shape index (κ3) is 3.93. The van der Waals surface area contributed by atoms with Crippen molar-refractivity contribution in [3.8, 4) is 0 Å². The van der Waals surface area contributed by atoms with Gasteiger partial charge in [-0.1, -0.05) is 13.8 Å². The zero-order chi connectivity index (χ0) is 13.3. The average Bonchev–Trinajstić information content (AvgIpc) is 2.13. The highest BCUT2D eigenvalue weighted by Crippen LogP contribution is 2.42. The van der Waals surface area contributed by atoms with Gasteiger partial charge in [-0.15, -0.1) is 0 Å². The van der Waals surface area contributed by atoms with E-state index in [0.29, 0.717) is 6.04 Å². The van der Waals surface area contributed by atoms with Crippen LogP contribution in [-0.4, -0.2) is 45.2 Å². The molecule has 1 aliphatic carbocycles. The molecule has 102 valence electrons. The van der Waals surface area contributed by atoms with Gasteiger partial charge in [-0.25, -0.2) is 8.42 Å². The molecule has 3 atom stereocenters. The van der Waals surface area contributed by atoms with Gasteiger partial charge in [0.15, 0.2) is 0 Å². The first-order chi connectivity index (χ1) is 7.66. The quantitative estimate of drug-likeness (QED) is 0.782. The van der Waals surface area contributed by atoms with Crippen molar-refractivity contribution < 1.29 is 13.2 Å². The summed E-state index contributed by atoms with van der Waals surface area (Å²) in [4.78, 5) is 0. The van der Waals surface area contributed by atoms with E-state index in [9.17, 15) is 8.42 Å². The van der Waals surface area contributed by atoms with Crippen LogP contribution in [0, 0.1) is 5.41 Å². The van der Waals surface area contributed by atoms with Crippen LogP contribution in [0.5, 0.6) is 0 Å². The van der Waals surface area contributed by atoms with E-state index in [1.807, 2.05) is 13.8 Å². The van der Waals surface area contributed by atoms with Crippen LogP contribution in [0.3, 0.4) is 0 Å². The van der Waals surface area contributed by atoms with Crippen LogP contribution in [0.2, 0.25) is 0 Å². The predicted molar refractivity (Wildman–Crippen MR) is 69.9 cm³/mol. The van der Waals surface area contributed by atoms with Crippen molar-refractivity contribution in [3.63, 3.8) is 0 Å². The molecule has 0 bridgehead atoms. The van der Waals surface area contributed by atoms with E-state index in [1.165, 1.54) is 6.26 Å². The van der Waals surface area contributed by atoms with Crippen molar-refractivity contribution in [1.82, 2.24) is 5.32 Å². The molecule has 0 aromatic rings. The van der Waals surface area contributed by atoms with E-state index >= 15 is 0 Å². The normalized spacial score (nSPS) is 29.7. The number of ether oxygens (including phenoxy) is 1. The second-order valence-corrected chi connectivity index (χ2v) is 7.90. The Hall–Kier alpha value is -0.130. The molecule has 0 aromatic heterocycles. The smallest absolute Gasteiger partial charge is 0.148 e. The van der Waals surface area contributed by atoms with Gasteiger partial charge >= 0.3 is 0 Å². The Bertz CT molecular complexity index is 351. The molecule has 17 heavy (non-hydrogen) atoms. The topological polar surface area (TPSA) is 55.4 Å². The van der Waals surface area contributed by atoms with Crippen LogP contribution in [0.4, 0.5) is 0 Å².